The quantitative estimate of drug-likeness (QED) is 0.321. The number of hydrogen-bond donors (Lipinski definition) is 3. The molecule has 2 aliphatic carbocycles. The number of amidine groups is 1. The number of nitrogens with two attached hydrogens (primary N) is 1. The van der Waals surface area contributed by atoms with Gasteiger partial charge in [0.15, 0.2) is 0 Å². The average Bonchev–Trinajstić information content (AvgIpc) is 3.67. The van der Waals surface area contributed by atoms with Crippen LogP contribution in [0.2, 0.25) is 0 Å². The molecule has 1 saturated heterocycles. The highest BCUT2D eigenvalue weighted by atomic mass is 16.2. The van der Waals surface area contributed by atoms with E-state index in [1.807, 2.05) is 31.2 Å². The molecule has 3 amide bonds. The van der Waals surface area contributed by atoms with Gasteiger partial charge >= 0.3 is 0 Å². The van der Waals surface area contributed by atoms with Crippen LogP contribution in [0, 0.1) is 22.7 Å². The molecule has 1 aliphatic heterocycles. The smallest absolute Gasteiger partial charge is 0.253 e. The van der Waals surface area contributed by atoms with Crippen LogP contribution in [-0.2, 0) is 23.1 Å². The van der Waals surface area contributed by atoms with Crippen LogP contribution in [0.4, 0.5) is 0 Å². The van der Waals surface area contributed by atoms with Crippen LogP contribution in [0.3, 0.4) is 0 Å². The predicted molar refractivity (Wildman–Crippen MR) is 164 cm³/mol. The Hall–Kier alpha value is -4.23. The summed E-state index contributed by atoms with van der Waals surface area (Å²) in [6.45, 7) is 2.06. The van der Waals surface area contributed by atoms with Crippen LogP contribution in [0.1, 0.15) is 69.2 Å². The Labute approximate surface area is 253 Å². The SMILES string of the molecule is C[C@H](CC1(C(=N)N)c2ccc(C(=O)N(C)C)cc2CCc2cc(C(=O)N(C)C)ccc21)NCC(=O)N1[C@H](C#N)C[C@@H]2C[C@@H]21. The highest BCUT2D eigenvalue weighted by Crippen LogP contribution is 2.48. The molecule has 0 unspecified atom stereocenters. The lowest BCUT2D eigenvalue weighted by Gasteiger charge is -2.38. The normalized spacial score (nSPS) is 21.8. The number of fused-ring (bicyclic) bond motifs is 3. The minimum absolute atomic E-state index is 0.0415. The number of likely N-dealkylation sites (tertiary alicyclic amines) is 1. The minimum Gasteiger partial charge on any atom is -0.387 e. The number of benzene rings is 2. The van der Waals surface area contributed by atoms with E-state index in [1.54, 1.807) is 45.2 Å². The first-order chi connectivity index (χ1) is 20.4. The Bertz CT molecular complexity index is 1450. The topological polar surface area (TPSA) is 147 Å². The predicted octanol–water partition coefficient (Wildman–Crippen LogP) is 2.29. The lowest BCUT2D eigenvalue weighted by atomic mass is 9.67. The lowest BCUT2D eigenvalue weighted by Crippen LogP contribution is -2.49. The van der Waals surface area contributed by atoms with Crippen molar-refractivity contribution in [3.05, 3.63) is 69.8 Å². The number of nitrogens with one attached hydrogen (secondary N) is 2. The summed E-state index contributed by atoms with van der Waals surface area (Å²) >= 11 is 0. The van der Waals surface area contributed by atoms with Crippen molar-refractivity contribution in [1.82, 2.24) is 20.0 Å². The standard InChI is InChI=1S/C33H41N7O3/c1-19(37-18-29(41)40-25(17-34)14-24-15-28(24)40)16-33(32(35)36)26-10-8-22(30(42)38(2)3)12-20(26)6-7-21-13-23(9-11-27(21)33)31(43)39(4)5/h8-13,19,24-25,28,37H,6-7,14-16,18H2,1-5H3,(H3,35,36)/t19-,24-,25+,28+/m1/s1. The van der Waals surface area contributed by atoms with Crippen LogP contribution in [0.5, 0.6) is 0 Å². The van der Waals surface area contributed by atoms with Crippen LogP contribution in [-0.4, -0.2) is 91.1 Å². The monoisotopic (exact) mass is 583 g/mol. The van der Waals surface area contributed by atoms with E-state index in [1.165, 1.54) is 9.80 Å². The van der Waals surface area contributed by atoms with Crippen molar-refractivity contribution in [2.75, 3.05) is 34.7 Å². The van der Waals surface area contributed by atoms with Crippen LogP contribution < -0.4 is 11.1 Å². The summed E-state index contributed by atoms with van der Waals surface area (Å²) < 4.78 is 0. The lowest BCUT2D eigenvalue weighted by molar-refractivity contribution is -0.131. The molecule has 2 aromatic carbocycles. The molecule has 0 bridgehead atoms. The molecule has 0 radical (unpaired) electrons. The van der Waals surface area contributed by atoms with E-state index in [0.717, 1.165) is 35.1 Å². The number of nitrogens with zero attached hydrogens (tertiary/aromatic N) is 4. The number of rotatable bonds is 8. The van der Waals surface area contributed by atoms with Gasteiger partial charge in [0.2, 0.25) is 5.91 Å². The second-order valence-corrected chi connectivity index (χ2v) is 12.7. The Morgan fingerprint density at radius 2 is 1.56 bits per heavy atom. The van der Waals surface area contributed by atoms with E-state index in [2.05, 4.69) is 11.4 Å². The largest absolute Gasteiger partial charge is 0.387 e. The van der Waals surface area contributed by atoms with Gasteiger partial charge in [-0.05, 0) is 91.5 Å². The fourth-order valence-electron chi connectivity index (χ4n) is 7.07. The first-order valence-corrected chi connectivity index (χ1v) is 14.9. The summed E-state index contributed by atoms with van der Waals surface area (Å²) in [5, 5.41) is 21.9. The third-order valence-electron chi connectivity index (χ3n) is 9.32. The van der Waals surface area contributed by atoms with Crippen LogP contribution in [0.15, 0.2) is 36.4 Å². The third kappa shape index (κ3) is 5.38. The van der Waals surface area contributed by atoms with Crippen molar-refractivity contribution in [3.63, 3.8) is 0 Å². The maximum absolute atomic E-state index is 13.2. The molecule has 43 heavy (non-hydrogen) atoms. The number of carbonyl (C=O) groups excluding carboxylic acids is 3. The van der Waals surface area contributed by atoms with Gasteiger partial charge in [-0.25, -0.2) is 0 Å². The molecule has 2 fully saturated rings. The fourth-order valence-corrected chi connectivity index (χ4v) is 7.07. The second kappa shape index (κ2) is 11.5. The first kappa shape index (κ1) is 30.2. The molecule has 5 rings (SSSR count). The van der Waals surface area contributed by atoms with Crippen LogP contribution in [0.25, 0.3) is 0 Å². The summed E-state index contributed by atoms with van der Waals surface area (Å²) in [5.74, 6) is 0.0992. The maximum atomic E-state index is 13.2. The zero-order chi connectivity index (χ0) is 31.2. The molecule has 0 aromatic heterocycles. The number of piperidine rings is 1. The number of nitriles is 1. The Kier molecular flexibility index (Phi) is 8.05. The average molecular weight is 584 g/mol. The maximum Gasteiger partial charge on any atom is 0.253 e. The molecular weight excluding hydrogens is 542 g/mol. The van der Waals surface area contributed by atoms with Gasteiger partial charge in [0, 0.05) is 51.4 Å². The molecule has 1 saturated carbocycles. The van der Waals surface area contributed by atoms with Gasteiger partial charge in [-0.1, -0.05) is 12.1 Å². The highest BCUT2D eigenvalue weighted by Gasteiger charge is 2.54. The van der Waals surface area contributed by atoms with E-state index in [0.29, 0.717) is 36.3 Å². The third-order valence-corrected chi connectivity index (χ3v) is 9.32. The molecule has 0 spiro atoms. The fraction of sp³-hybridized carbons (Fsp3) is 0.485. The zero-order valence-corrected chi connectivity index (χ0v) is 25.6. The minimum atomic E-state index is -1.06. The van der Waals surface area contributed by atoms with Crippen LogP contribution >= 0.6 is 0 Å². The zero-order valence-electron chi connectivity index (χ0n) is 25.6. The van der Waals surface area contributed by atoms with E-state index >= 15 is 0 Å². The Balaban J connectivity index is 1.52. The van der Waals surface area contributed by atoms with E-state index in [-0.39, 0.29) is 48.2 Å². The summed E-state index contributed by atoms with van der Waals surface area (Å²) in [5.41, 5.74) is 10.2. The Morgan fingerprint density at radius 3 is 2.02 bits per heavy atom. The number of carbonyl (C=O) groups is 3. The van der Waals surface area contributed by atoms with Crippen molar-refractivity contribution in [1.29, 1.82) is 10.7 Å². The molecule has 10 nitrogen and oxygen atoms in total. The first-order valence-electron chi connectivity index (χ1n) is 14.9. The van der Waals surface area contributed by atoms with Gasteiger partial charge in [-0.15, -0.1) is 0 Å². The summed E-state index contributed by atoms with van der Waals surface area (Å²) in [4.78, 5) is 43.8. The molecule has 10 heteroatoms. The van der Waals surface area contributed by atoms with E-state index in [9.17, 15) is 19.6 Å². The van der Waals surface area contributed by atoms with Crippen molar-refractivity contribution in [2.45, 2.75) is 62.6 Å². The molecule has 3 aliphatic rings. The van der Waals surface area contributed by atoms with Gasteiger partial charge in [0.05, 0.1) is 18.0 Å². The Morgan fingerprint density at radius 1 is 1.02 bits per heavy atom. The van der Waals surface area contributed by atoms with E-state index < -0.39 is 5.41 Å². The van der Waals surface area contributed by atoms with Gasteiger partial charge in [-0.2, -0.15) is 5.26 Å². The van der Waals surface area contributed by atoms with E-state index in [4.69, 9.17) is 11.1 Å². The van der Waals surface area contributed by atoms with Gasteiger partial charge in [0.1, 0.15) is 11.9 Å². The summed E-state index contributed by atoms with van der Waals surface area (Å²) in [6.07, 6.45) is 3.32. The highest BCUT2D eigenvalue weighted by molar-refractivity contribution is 5.98. The second-order valence-electron chi connectivity index (χ2n) is 12.7. The van der Waals surface area contributed by atoms with Crippen molar-refractivity contribution >= 4 is 23.6 Å². The molecule has 2 aromatic rings. The van der Waals surface area contributed by atoms with Crippen molar-refractivity contribution in [3.8, 4) is 6.07 Å². The van der Waals surface area contributed by atoms with Gasteiger partial charge in [0.25, 0.3) is 11.8 Å². The van der Waals surface area contributed by atoms with Crippen molar-refractivity contribution < 1.29 is 14.4 Å². The molecule has 1 heterocycles. The number of hydrogen-bond acceptors (Lipinski definition) is 6. The number of amides is 3. The molecule has 226 valence electrons. The molecule has 4 N–H and O–H groups in total. The van der Waals surface area contributed by atoms with Crippen molar-refractivity contribution in [2.24, 2.45) is 11.7 Å². The van der Waals surface area contributed by atoms with Gasteiger partial charge < -0.3 is 25.8 Å². The van der Waals surface area contributed by atoms with Gasteiger partial charge in [-0.3, -0.25) is 19.8 Å². The summed E-state index contributed by atoms with van der Waals surface area (Å²) in [7, 11) is 6.86. The number of aryl methyl sites for hydroxylation is 2. The molecule has 4 atom stereocenters. The summed E-state index contributed by atoms with van der Waals surface area (Å²) in [6, 6.07) is 13.0. The molecular formula is C33H41N7O3.